The number of pyridine rings is 1. The maximum atomic E-state index is 12.7. The minimum absolute atomic E-state index is 0.0229. The van der Waals surface area contributed by atoms with Gasteiger partial charge in [-0.1, -0.05) is 6.07 Å². The van der Waals surface area contributed by atoms with E-state index in [1.165, 1.54) is 13.4 Å². The maximum absolute atomic E-state index is 12.7. The van der Waals surface area contributed by atoms with Gasteiger partial charge in [0.1, 0.15) is 26.9 Å². The van der Waals surface area contributed by atoms with Crippen molar-refractivity contribution in [2.45, 2.75) is 26.0 Å². The van der Waals surface area contributed by atoms with Crippen LogP contribution in [0, 0.1) is 0 Å². The van der Waals surface area contributed by atoms with Crippen LogP contribution in [0.1, 0.15) is 30.0 Å². The van der Waals surface area contributed by atoms with Crippen molar-refractivity contribution in [1.29, 1.82) is 0 Å². The molecule has 1 aromatic carbocycles. The average Bonchev–Trinajstić information content (AvgIpc) is 3.06. The second-order valence-corrected chi connectivity index (χ2v) is 9.81. The lowest BCUT2D eigenvalue weighted by atomic mass is 10.0. The third kappa shape index (κ3) is 5.14. The van der Waals surface area contributed by atoms with Crippen LogP contribution in [0.4, 0.5) is 5.69 Å². The van der Waals surface area contributed by atoms with Crippen molar-refractivity contribution in [2.75, 3.05) is 24.4 Å². The second kappa shape index (κ2) is 8.04. The lowest BCUT2D eigenvalue weighted by molar-refractivity contribution is 0.0735. The zero-order valence-corrected chi connectivity index (χ0v) is 18.0. The SMILES string of the molecule is COc1cc2nn(CCS(C)(=O)=O)cc2cc1NC(=O)c1cccc(C(C)(C)O)n1. The number of aromatic nitrogens is 3. The lowest BCUT2D eigenvalue weighted by Crippen LogP contribution is -2.21. The Labute approximate surface area is 174 Å². The van der Waals surface area contributed by atoms with E-state index in [-0.39, 0.29) is 18.0 Å². The molecule has 0 aliphatic rings. The van der Waals surface area contributed by atoms with Gasteiger partial charge < -0.3 is 15.2 Å². The molecule has 0 fully saturated rings. The Hall–Kier alpha value is -2.98. The topological polar surface area (TPSA) is 123 Å². The maximum Gasteiger partial charge on any atom is 0.274 e. The first-order valence-electron chi connectivity index (χ1n) is 9.20. The van der Waals surface area contributed by atoms with Crippen molar-refractivity contribution in [1.82, 2.24) is 14.8 Å². The number of nitrogens with one attached hydrogen (secondary N) is 1. The Bertz CT molecular complexity index is 1200. The fourth-order valence-electron chi connectivity index (χ4n) is 2.83. The Balaban J connectivity index is 1.89. The molecule has 0 spiro atoms. The van der Waals surface area contributed by atoms with E-state index >= 15 is 0 Å². The number of fused-ring (bicyclic) bond motifs is 1. The van der Waals surface area contributed by atoms with E-state index in [0.29, 0.717) is 22.6 Å². The number of anilines is 1. The van der Waals surface area contributed by atoms with Gasteiger partial charge >= 0.3 is 0 Å². The first-order valence-corrected chi connectivity index (χ1v) is 11.3. The van der Waals surface area contributed by atoms with Gasteiger partial charge in [-0.2, -0.15) is 5.10 Å². The zero-order valence-electron chi connectivity index (χ0n) is 17.2. The average molecular weight is 433 g/mol. The minimum atomic E-state index is -3.11. The van der Waals surface area contributed by atoms with Gasteiger partial charge in [-0.05, 0) is 32.0 Å². The first-order chi connectivity index (χ1) is 14.0. The first kappa shape index (κ1) is 21.7. The molecule has 30 heavy (non-hydrogen) atoms. The molecule has 10 heteroatoms. The summed E-state index contributed by atoms with van der Waals surface area (Å²) in [5.41, 5.74) is 0.395. The van der Waals surface area contributed by atoms with Crippen LogP contribution >= 0.6 is 0 Å². The number of amides is 1. The number of methoxy groups -OCH3 is 1. The van der Waals surface area contributed by atoms with Crippen molar-refractivity contribution < 1.29 is 23.1 Å². The third-order valence-electron chi connectivity index (χ3n) is 4.42. The predicted molar refractivity (Wildman–Crippen MR) is 113 cm³/mol. The number of hydrogen-bond donors (Lipinski definition) is 2. The summed E-state index contributed by atoms with van der Waals surface area (Å²) in [5.74, 6) is -0.0728. The molecule has 0 bridgehead atoms. The number of aryl methyl sites for hydroxylation is 1. The molecule has 9 nitrogen and oxygen atoms in total. The smallest absolute Gasteiger partial charge is 0.274 e. The quantitative estimate of drug-likeness (QED) is 0.585. The summed E-state index contributed by atoms with van der Waals surface area (Å²) < 4.78 is 29.7. The zero-order chi connectivity index (χ0) is 22.1. The monoisotopic (exact) mass is 432 g/mol. The molecule has 160 valence electrons. The van der Waals surface area contributed by atoms with Gasteiger partial charge in [0, 0.05) is 23.9 Å². The number of carbonyl (C=O) groups is 1. The van der Waals surface area contributed by atoms with Crippen molar-refractivity contribution in [3.05, 3.63) is 47.9 Å². The van der Waals surface area contributed by atoms with Gasteiger partial charge in [-0.3, -0.25) is 9.48 Å². The van der Waals surface area contributed by atoms with Crippen LogP contribution in [0.5, 0.6) is 5.75 Å². The van der Waals surface area contributed by atoms with Crippen LogP contribution in [0.25, 0.3) is 10.9 Å². The highest BCUT2D eigenvalue weighted by atomic mass is 32.2. The number of hydrogen-bond acceptors (Lipinski definition) is 7. The summed E-state index contributed by atoms with van der Waals surface area (Å²) in [4.78, 5) is 17.0. The molecule has 2 heterocycles. The highest BCUT2D eigenvalue weighted by Gasteiger charge is 2.20. The number of rotatable bonds is 7. The van der Waals surface area contributed by atoms with Crippen LogP contribution in [0.2, 0.25) is 0 Å². The molecule has 0 aliphatic heterocycles. The summed E-state index contributed by atoms with van der Waals surface area (Å²) in [6.45, 7) is 3.41. The molecule has 0 aliphatic carbocycles. The van der Waals surface area contributed by atoms with Crippen molar-refractivity contribution in [3.8, 4) is 5.75 Å². The molecule has 2 aromatic heterocycles. The predicted octanol–water partition coefficient (Wildman–Crippen LogP) is 1.96. The van der Waals surface area contributed by atoms with E-state index in [4.69, 9.17) is 4.74 Å². The van der Waals surface area contributed by atoms with Gasteiger partial charge in [0.25, 0.3) is 5.91 Å². The fourth-order valence-corrected chi connectivity index (χ4v) is 3.35. The van der Waals surface area contributed by atoms with E-state index in [1.54, 1.807) is 55.1 Å². The Morgan fingerprint density at radius 3 is 2.67 bits per heavy atom. The van der Waals surface area contributed by atoms with Crippen LogP contribution < -0.4 is 10.1 Å². The Morgan fingerprint density at radius 1 is 1.30 bits per heavy atom. The normalized spacial score (nSPS) is 12.2. The second-order valence-electron chi connectivity index (χ2n) is 7.55. The summed E-state index contributed by atoms with van der Waals surface area (Å²) in [6.07, 6.45) is 2.89. The summed E-state index contributed by atoms with van der Waals surface area (Å²) >= 11 is 0. The largest absolute Gasteiger partial charge is 0.494 e. The number of nitrogens with zero attached hydrogens (tertiary/aromatic N) is 3. The summed E-state index contributed by atoms with van der Waals surface area (Å²) in [6, 6.07) is 8.23. The number of ether oxygens (including phenoxy) is 1. The minimum Gasteiger partial charge on any atom is -0.494 e. The molecular formula is C20H24N4O5S. The molecule has 0 atom stereocenters. The molecule has 3 aromatic rings. The van der Waals surface area contributed by atoms with Crippen molar-refractivity contribution >= 4 is 32.3 Å². The molecule has 0 saturated heterocycles. The lowest BCUT2D eigenvalue weighted by Gasteiger charge is -2.17. The standard InChI is InChI=1S/C20H24N4O5S/c1-20(2,26)18-7-5-6-14(21-18)19(25)22-16-10-13-12-24(8-9-30(4,27)28)23-15(13)11-17(16)29-3/h5-7,10-12,26H,8-9H2,1-4H3,(H,22,25). The van der Waals surface area contributed by atoms with Crippen LogP contribution in [0.15, 0.2) is 36.5 Å². The van der Waals surface area contributed by atoms with Crippen molar-refractivity contribution in [3.63, 3.8) is 0 Å². The Morgan fingerprint density at radius 2 is 2.03 bits per heavy atom. The molecule has 2 N–H and O–H groups in total. The molecule has 1 amide bonds. The van der Waals surface area contributed by atoms with Gasteiger partial charge in [-0.15, -0.1) is 0 Å². The van der Waals surface area contributed by atoms with E-state index in [0.717, 1.165) is 5.39 Å². The van der Waals surface area contributed by atoms with Crippen molar-refractivity contribution in [2.24, 2.45) is 0 Å². The molecule has 0 saturated carbocycles. The van der Waals surface area contributed by atoms with Crippen LogP contribution in [-0.2, 0) is 22.0 Å². The van der Waals surface area contributed by atoms with E-state index < -0.39 is 21.3 Å². The van der Waals surface area contributed by atoms with Crippen LogP contribution in [-0.4, -0.2) is 53.3 Å². The van der Waals surface area contributed by atoms with Gasteiger partial charge in [0.15, 0.2) is 0 Å². The highest BCUT2D eigenvalue weighted by molar-refractivity contribution is 7.90. The van der Waals surface area contributed by atoms with Crippen LogP contribution in [0.3, 0.4) is 0 Å². The summed E-state index contributed by atoms with van der Waals surface area (Å²) in [5, 5.41) is 18.0. The number of aliphatic hydroxyl groups is 1. The Kier molecular flexibility index (Phi) is 5.82. The van der Waals surface area contributed by atoms with E-state index in [1.807, 2.05) is 0 Å². The molecule has 0 unspecified atom stereocenters. The molecule has 3 rings (SSSR count). The van der Waals surface area contributed by atoms with E-state index in [9.17, 15) is 18.3 Å². The number of sulfone groups is 1. The van der Waals surface area contributed by atoms with E-state index in [2.05, 4.69) is 15.4 Å². The molecular weight excluding hydrogens is 408 g/mol. The molecule has 0 radical (unpaired) electrons. The third-order valence-corrected chi connectivity index (χ3v) is 5.35. The fraction of sp³-hybridized carbons (Fsp3) is 0.350. The van der Waals surface area contributed by atoms with Gasteiger partial charge in [0.05, 0.1) is 36.3 Å². The highest BCUT2D eigenvalue weighted by Crippen LogP contribution is 2.30. The van der Waals surface area contributed by atoms with Gasteiger partial charge in [0.2, 0.25) is 0 Å². The number of benzene rings is 1. The summed E-state index contributed by atoms with van der Waals surface area (Å²) in [7, 11) is -1.63. The number of carbonyl (C=O) groups excluding carboxylic acids is 1. The van der Waals surface area contributed by atoms with Gasteiger partial charge in [-0.25, -0.2) is 13.4 Å².